The second-order valence-corrected chi connectivity index (χ2v) is 7.21. The first-order valence-electron chi connectivity index (χ1n) is 7.53. The van der Waals surface area contributed by atoms with Crippen molar-refractivity contribution in [3.8, 4) is 0 Å². The average molecular weight is 301 g/mol. The Balaban J connectivity index is 1.94. The lowest BCUT2D eigenvalue weighted by Crippen LogP contribution is -2.35. The molecule has 2 fully saturated rings. The molecule has 0 saturated heterocycles. The summed E-state index contributed by atoms with van der Waals surface area (Å²) >= 11 is 0. The zero-order valence-electron chi connectivity index (χ0n) is 13.0. The van der Waals surface area contributed by atoms with Crippen LogP contribution in [0.3, 0.4) is 0 Å². The Bertz CT molecular complexity index is 676. The minimum atomic E-state index is -0.602. The normalized spacial score (nSPS) is 32.2. The van der Waals surface area contributed by atoms with Crippen molar-refractivity contribution in [2.45, 2.75) is 33.6 Å². The maximum absolute atomic E-state index is 12.8. The quantitative estimate of drug-likeness (QED) is 0.371. The van der Waals surface area contributed by atoms with Crippen molar-refractivity contribution in [1.29, 1.82) is 0 Å². The number of ketones is 2. The largest absolute Gasteiger partial charge is 0.298 e. The summed E-state index contributed by atoms with van der Waals surface area (Å²) in [7, 11) is 0. The second-order valence-electron chi connectivity index (χ2n) is 7.21. The molecule has 1 aromatic rings. The van der Waals surface area contributed by atoms with E-state index in [0.29, 0.717) is 5.56 Å². The fourth-order valence-electron chi connectivity index (χ4n) is 4.32. The van der Waals surface area contributed by atoms with Gasteiger partial charge in [-0.1, -0.05) is 20.8 Å². The molecule has 1 aromatic carbocycles. The van der Waals surface area contributed by atoms with Gasteiger partial charge in [-0.3, -0.25) is 19.7 Å². The molecule has 2 aliphatic carbocycles. The molecule has 5 nitrogen and oxygen atoms in total. The number of hydrogen-bond acceptors (Lipinski definition) is 4. The maximum atomic E-state index is 12.8. The van der Waals surface area contributed by atoms with Gasteiger partial charge in [0, 0.05) is 23.1 Å². The van der Waals surface area contributed by atoms with Crippen molar-refractivity contribution in [3.05, 3.63) is 39.9 Å². The lowest BCUT2D eigenvalue weighted by Gasteiger charge is -2.32. The highest BCUT2D eigenvalue weighted by molar-refractivity contribution is 6.14. The Morgan fingerprint density at radius 1 is 1.23 bits per heavy atom. The van der Waals surface area contributed by atoms with Crippen molar-refractivity contribution < 1.29 is 14.5 Å². The van der Waals surface area contributed by atoms with Gasteiger partial charge in [0.05, 0.1) is 10.8 Å². The molecule has 0 unspecified atom stereocenters. The van der Waals surface area contributed by atoms with Crippen LogP contribution >= 0.6 is 0 Å². The fourth-order valence-corrected chi connectivity index (χ4v) is 4.32. The van der Waals surface area contributed by atoms with Gasteiger partial charge in [-0.25, -0.2) is 0 Å². The van der Waals surface area contributed by atoms with E-state index in [0.717, 1.165) is 12.8 Å². The van der Waals surface area contributed by atoms with Crippen molar-refractivity contribution in [3.63, 3.8) is 0 Å². The number of nitro benzene ring substituents is 1. The topological polar surface area (TPSA) is 77.3 Å². The standard InChI is InChI=1S/C17H19NO4/c1-16(2)12-8-9-17(16,3)15(20)13(12)14(19)10-4-6-11(7-5-10)18(21)22/h4-7,12-13H,8-9H2,1-3H3/t12-,13+,17+/m1/s1. The van der Waals surface area contributed by atoms with Gasteiger partial charge < -0.3 is 0 Å². The van der Waals surface area contributed by atoms with Gasteiger partial charge in [-0.2, -0.15) is 0 Å². The molecule has 5 heteroatoms. The summed E-state index contributed by atoms with van der Waals surface area (Å²) in [5.74, 6) is -0.693. The molecule has 22 heavy (non-hydrogen) atoms. The molecule has 0 aromatic heterocycles. The SMILES string of the molecule is CC1(C)[C@@H]2CC[C@@]1(C)C(=O)[C@@H]2C(=O)c1ccc([N+](=O)[O-])cc1. The first kappa shape index (κ1) is 14.9. The zero-order chi connectivity index (χ0) is 16.3. The van der Waals surface area contributed by atoms with Crippen LogP contribution in [0.2, 0.25) is 0 Å². The summed E-state index contributed by atoms with van der Waals surface area (Å²) in [6.45, 7) is 6.12. The summed E-state index contributed by atoms with van der Waals surface area (Å²) in [4.78, 5) is 35.7. The summed E-state index contributed by atoms with van der Waals surface area (Å²) in [6.07, 6.45) is 1.73. The third-order valence-electron chi connectivity index (χ3n) is 6.18. The lowest BCUT2D eigenvalue weighted by atomic mass is 9.70. The smallest absolute Gasteiger partial charge is 0.269 e. The van der Waals surface area contributed by atoms with Crippen LogP contribution in [0.4, 0.5) is 5.69 Å². The number of fused-ring (bicyclic) bond motifs is 2. The number of benzene rings is 1. The molecule has 0 aliphatic heterocycles. The molecule has 0 radical (unpaired) electrons. The highest BCUT2D eigenvalue weighted by atomic mass is 16.6. The van der Waals surface area contributed by atoms with Crippen LogP contribution in [0.25, 0.3) is 0 Å². The maximum Gasteiger partial charge on any atom is 0.269 e. The number of nitrogens with zero attached hydrogens (tertiary/aromatic N) is 1. The average Bonchev–Trinajstić information content (AvgIpc) is 2.79. The van der Waals surface area contributed by atoms with Gasteiger partial charge in [0.15, 0.2) is 5.78 Å². The van der Waals surface area contributed by atoms with E-state index in [2.05, 4.69) is 13.8 Å². The van der Waals surface area contributed by atoms with E-state index in [4.69, 9.17) is 0 Å². The number of hydrogen-bond donors (Lipinski definition) is 0. The summed E-state index contributed by atoms with van der Waals surface area (Å²) in [5, 5.41) is 10.7. The van der Waals surface area contributed by atoms with E-state index in [9.17, 15) is 19.7 Å². The molecule has 116 valence electrons. The Morgan fingerprint density at radius 3 is 2.27 bits per heavy atom. The molecule has 2 aliphatic rings. The van der Waals surface area contributed by atoms with Gasteiger partial charge in [0.1, 0.15) is 5.78 Å². The minimum absolute atomic E-state index is 0.0390. The molecule has 2 bridgehead atoms. The first-order chi connectivity index (χ1) is 10.2. The van der Waals surface area contributed by atoms with E-state index in [1.165, 1.54) is 24.3 Å². The van der Waals surface area contributed by atoms with Crippen molar-refractivity contribution in [2.24, 2.45) is 22.7 Å². The monoisotopic (exact) mass is 301 g/mol. The Morgan fingerprint density at radius 2 is 1.82 bits per heavy atom. The van der Waals surface area contributed by atoms with Gasteiger partial charge in [-0.05, 0) is 36.3 Å². The van der Waals surface area contributed by atoms with E-state index < -0.39 is 16.3 Å². The van der Waals surface area contributed by atoms with E-state index >= 15 is 0 Å². The van der Waals surface area contributed by atoms with Crippen LogP contribution < -0.4 is 0 Å². The van der Waals surface area contributed by atoms with Crippen LogP contribution in [-0.4, -0.2) is 16.5 Å². The number of carbonyl (C=O) groups is 2. The van der Waals surface area contributed by atoms with Crippen LogP contribution in [0.5, 0.6) is 0 Å². The number of Topliss-reactive ketones (excluding diaryl/α,β-unsaturated/α-hetero) is 2. The van der Waals surface area contributed by atoms with E-state index in [1.54, 1.807) is 0 Å². The summed E-state index contributed by atoms with van der Waals surface area (Å²) in [5.41, 5.74) is -0.275. The van der Waals surface area contributed by atoms with Crippen LogP contribution in [0.15, 0.2) is 24.3 Å². The summed E-state index contributed by atoms with van der Waals surface area (Å²) < 4.78 is 0. The first-order valence-corrected chi connectivity index (χ1v) is 7.53. The van der Waals surface area contributed by atoms with Gasteiger partial charge in [0.2, 0.25) is 0 Å². The van der Waals surface area contributed by atoms with Gasteiger partial charge in [-0.15, -0.1) is 0 Å². The number of rotatable bonds is 3. The molecule has 0 N–H and O–H groups in total. The number of non-ortho nitro benzene ring substituents is 1. The molecular weight excluding hydrogens is 282 g/mol. The lowest BCUT2D eigenvalue weighted by molar-refractivity contribution is -0.384. The third-order valence-corrected chi connectivity index (χ3v) is 6.18. The van der Waals surface area contributed by atoms with Gasteiger partial charge >= 0.3 is 0 Å². The third kappa shape index (κ3) is 1.71. The Hall–Kier alpha value is -2.04. The van der Waals surface area contributed by atoms with Crippen LogP contribution in [-0.2, 0) is 4.79 Å². The highest BCUT2D eigenvalue weighted by Gasteiger charge is 2.67. The van der Waals surface area contributed by atoms with Crippen LogP contribution in [0.1, 0.15) is 44.0 Å². The van der Waals surface area contributed by atoms with Crippen molar-refractivity contribution in [2.75, 3.05) is 0 Å². The number of carbonyl (C=O) groups excluding carboxylic acids is 2. The molecule has 0 heterocycles. The second kappa shape index (κ2) is 4.48. The number of nitro groups is 1. The Kier molecular flexibility index (Phi) is 3.03. The van der Waals surface area contributed by atoms with Crippen LogP contribution in [0, 0.1) is 32.8 Å². The Labute approximate surface area is 128 Å². The molecular formula is C17H19NO4. The summed E-state index contributed by atoms with van der Waals surface area (Å²) in [6, 6.07) is 5.54. The molecule has 0 amide bonds. The van der Waals surface area contributed by atoms with E-state index in [-0.39, 0.29) is 28.6 Å². The van der Waals surface area contributed by atoms with E-state index in [1.807, 2.05) is 6.92 Å². The molecule has 3 atom stereocenters. The predicted molar refractivity (Wildman–Crippen MR) is 80.5 cm³/mol. The fraction of sp³-hybridized carbons (Fsp3) is 0.529. The van der Waals surface area contributed by atoms with Crippen molar-refractivity contribution in [1.82, 2.24) is 0 Å². The van der Waals surface area contributed by atoms with Gasteiger partial charge in [0.25, 0.3) is 5.69 Å². The zero-order valence-corrected chi connectivity index (χ0v) is 13.0. The minimum Gasteiger partial charge on any atom is -0.298 e. The molecule has 0 spiro atoms. The van der Waals surface area contributed by atoms with Crippen molar-refractivity contribution >= 4 is 17.3 Å². The predicted octanol–water partition coefficient (Wildman–Crippen LogP) is 3.42. The highest BCUT2D eigenvalue weighted by Crippen LogP contribution is 2.66. The molecule has 2 saturated carbocycles. The molecule has 3 rings (SSSR count).